The normalized spacial score (nSPS) is 10.8. The van der Waals surface area contributed by atoms with Gasteiger partial charge in [0.15, 0.2) is 0 Å². The standard InChI is InChI=1S/C19H19NO4/c1-11-7-18(21)24-17-8-14(5-6-15(11)17)23-10-16-13(3)19(22-4)12(2)9-20-16/h5-9H,10H2,1-4H3. The van der Waals surface area contributed by atoms with Crippen LogP contribution in [0.2, 0.25) is 0 Å². The molecule has 0 fully saturated rings. The second-order valence-electron chi connectivity index (χ2n) is 5.74. The number of ether oxygens (including phenoxy) is 2. The average Bonchev–Trinajstić information content (AvgIpc) is 2.54. The highest BCUT2D eigenvalue weighted by atomic mass is 16.5. The van der Waals surface area contributed by atoms with Crippen LogP contribution in [0.5, 0.6) is 11.5 Å². The Labute approximate surface area is 139 Å². The van der Waals surface area contributed by atoms with Crippen LogP contribution in [0.4, 0.5) is 0 Å². The highest BCUT2D eigenvalue weighted by molar-refractivity contribution is 5.81. The summed E-state index contributed by atoms with van der Waals surface area (Å²) in [5.41, 5.74) is 3.79. The smallest absolute Gasteiger partial charge is 0.336 e. The van der Waals surface area contributed by atoms with E-state index < -0.39 is 0 Å². The van der Waals surface area contributed by atoms with Gasteiger partial charge in [0.1, 0.15) is 23.7 Å². The van der Waals surface area contributed by atoms with Gasteiger partial charge in [-0.25, -0.2) is 4.79 Å². The van der Waals surface area contributed by atoms with E-state index in [9.17, 15) is 4.79 Å². The zero-order valence-corrected chi connectivity index (χ0v) is 14.2. The molecule has 0 spiro atoms. The maximum absolute atomic E-state index is 11.5. The summed E-state index contributed by atoms with van der Waals surface area (Å²) in [6.07, 6.45) is 1.77. The third-order valence-electron chi connectivity index (χ3n) is 4.05. The summed E-state index contributed by atoms with van der Waals surface area (Å²) in [7, 11) is 1.65. The van der Waals surface area contributed by atoms with E-state index in [1.54, 1.807) is 19.4 Å². The van der Waals surface area contributed by atoms with Crippen LogP contribution in [0.3, 0.4) is 0 Å². The zero-order valence-electron chi connectivity index (χ0n) is 14.2. The molecule has 2 aromatic heterocycles. The molecule has 0 N–H and O–H groups in total. The molecule has 1 aromatic carbocycles. The Balaban J connectivity index is 1.87. The van der Waals surface area contributed by atoms with Gasteiger partial charge in [-0.05, 0) is 38.5 Å². The highest BCUT2D eigenvalue weighted by Crippen LogP contribution is 2.26. The minimum Gasteiger partial charge on any atom is -0.496 e. The lowest BCUT2D eigenvalue weighted by Crippen LogP contribution is -2.04. The fraction of sp³-hybridized carbons (Fsp3) is 0.263. The van der Waals surface area contributed by atoms with E-state index in [0.717, 1.165) is 33.5 Å². The fourth-order valence-corrected chi connectivity index (χ4v) is 2.76. The van der Waals surface area contributed by atoms with Crippen molar-refractivity contribution < 1.29 is 13.9 Å². The van der Waals surface area contributed by atoms with Crippen molar-refractivity contribution in [2.24, 2.45) is 0 Å². The molecular formula is C19H19NO4. The van der Waals surface area contributed by atoms with Crippen LogP contribution in [0.25, 0.3) is 11.0 Å². The Morgan fingerprint density at radius 1 is 1.12 bits per heavy atom. The van der Waals surface area contributed by atoms with Crippen LogP contribution in [0.15, 0.2) is 39.7 Å². The van der Waals surface area contributed by atoms with Crippen molar-refractivity contribution in [2.45, 2.75) is 27.4 Å². The molecule has 0 bridgehead atoms. The van der Waals surface area contributed by atoms with Crippen LogP contribution in [0.1, 0.15) is 22.4 Å². The fourth-order valence-electron chi connectivity index (χ4n) is 2.76. The molecule has 0 saturated heterocycles. The van der Waals surface area contributed by atoms with E-state index in [1.165, 1.54) is 6.07 Å². The first-order valence-electron chi connectivity index (χ1n) is 7.66. The molecule has 0 atom stereocenters. The zero-order chi connectivity index (χ0) is 17.3. The first-order chi connectivity index (χ1) is 11.5. The molecule has 24 heavy (non-hydrogen) atoms. The van der Waals surface area contributed by atoms with Gasteiger partial charge in [0.05, 0.1) is 12.8 Å². The van der Waals surface area contributed by atoms with Crippen LogP contribution in [0, 0.1) is 20.8 Å². The van der Waals surface area contributed by atoms with Crippen molar-refractivity contribution in [2.75, 3.05) is 7.11 Å². The van der Waals surface area contributed by atoms with Gasteiger partial charge in [-0.2, -0.15) is 0 Å². The molecule has 0 aliphatic carbocycles. The van der Waals surface area contributed by atoms with Gasteiger partial charge in [0.25, 0.3) is 0 Å². The minimum atomic E-state index is -0.363. The Hall–Kier alpha value is -2.82. The topological polar surface area (TPSA) is 61.6 Å². The molecule has 0 radical (unpaired) electrons. The Morgan fingerprint density at radius 3 is 2.67 bits per heavy atom. The van der Waals surface area contributed by atoms with Crippen molar-refractivity contribution in [3.63, 3.8) is 0 Å². The largest absolute Gasteiger partial charge is 0.496 e. The summed E-state index contributed by atoms with van der Waals surface area (Å²) in [5, 5.41) is 0.897. The molecule has 124 valence electrons. The number of fused-ring (bicyclic) bond motifs is 1. The number of hydrogen-bond acceptors (Lipinski definition) is 5. The van der Waals surface area contributed by atoms with E-state index in [0.29, 0.717) is 17.9 Å². The van der Waals surface area contributed by atoms with E-state index >= 15 is 0 Å². The van der Waals surface area contributed by atoms with E-state index in [4.69, 9.17) is 13.9 Å². The number of aryl methyl sites for hydroxylation is 2. The van der Waals surface area contributed by atoms with Crippen molar-refractivity contribution in [1.82, 2.24) is 4.98 Å². The lowest BCUT2D eigenvalue weighted by Gasteiger charge is -2.13. The van der Waals surface area contributed by atoms with Crippen molar-refractivity contribution in [3.8, 4) is 11.5 Å². The van der Waals surface area contributed by atoms with Crippen molar-refractivity contribution >= 4 is 11.0 Å². The first kappa shape index (κ1) is 16.1. The predicted molar refractivity (Wildman–Crippen MR) is 91.8 cm³/mol. The molecule has 0 unspecified atom stereocenters. The number of nitrogens with zero attached hydrogens (tertiary/aromatic N) is 1. The average molecular weight is 325 g/mol. The number of methoxy groups -OCH3 is 1. The monoisotopic (exact) mass is 325 g/mol. The third-order valence-corrected chi connectivity index (χ3v) is 4.05. The van der Waals surface area contributed by atoms with E-state index in [1.807, 2.05) is 32.9 Å². The Bertz CT molecular complexity index is 959. The van der Waals surface area contributed by atoms with Crippen LogP contribution in [-0.4, -0.2) is 12.1 Å². The summed E-state index contributed by atoms with van der Waals surface area (Å²) in [4.78, 5) is 15.9. The number of benzene rings is 1. The van der Waals surface area contributed by atoms with Gasteiger partial charge < -0.3 is 13.9 Å². The van der Waals surface area contributed by atoms with Gasteiger partial charge in [0.2, 0.25) is 0 Å². The number of aromatic nitrogens is 1. The number of rotatable bonds is 4. The molecule has 0 aliphatic rings. The van der Waals surface area contributed by atoms with Gasteiger partial charge in [0, 0.05) is 34.8 Å². The molecule has 0 aliphatic heterocycles. The first-order valence-corrected chi connectivity index (χ1v) is 7.66. The molecule has 2 heterocycles. The van der Waals surface area contributed by atoms with Gasteiger partial charge >= 0.3 is 5.63 Å². The quantitative estimate of drug-likeness (QED) is 0.684. The predicted octanol–water partition coefficient (Wildman–Crippen LogP) is 3.70. The Kier molecular flexibility index (Phi) is 4.25. The minimum absolute atomic E-state index is 0.310. The number of pyridine rings is 1. The maximum Gasteiger partial charge on any atom is 0.336 e. The third kappa shape index (κ3) is 2.97. The van der Waals surface area contributed by atoms with Crippen LogP contribution in [-0.2, 0) is 6.61 Å². The van der Waals surface area contributed by atoms with E-state index in [2.05, 4.69) is 4.98 Å². The highest BCUT2D eigenvalue weighted by Gasteiger charge is 2.10. The molecule has 5 heteroatoms. The molecule has 0 saturated carbocycles. The SMILES string of the molecule is COc1c(C)cnc(COc2ccc3c(C)cc(=O)oc3c2)c1C. The molecule has 3 rings (SSSR count). The van der Waals surface area contributed by atoms with Gasteiger partial charge in [-0.3, -0.25) is 4.98 Å². The molecule has 5 nitrogen and oxygen atoms in total. The summed E-state index contributed by atoms with van der Waals surface area (Å²) in [6.45, 7) is 6.10. The Morgan fingerprint density at radius 2 is 1.92 bits per heavy atom. The summed E-state index contributed by atoms with van der Waals surface area (Å²) < 4.78 is 16.5. The van der Waals surface area contributed by atoms with Gasteiger partial charge in [-0.1, -0.05) is 0 Å². The maximum atomic E-state index is 11.5. The number of hydrogen-bond donors (Lipinski definition) is 0. The second kappa shape index (κ2) is 6.35. The van der Waals surface area contributed by atoms with E-state index in [-0.39, 0.29) is 5.63 Å². The lowest BCUT2D eigenvalue weighted by molar-refractivity contribution is 0.298. The second-order valence-corrected chi connectivity index (χ2v) is 5.74. The summed E-state index contributed by atoms with van der Waals surface area (Å²) >= 11 is 0. The van der Waals surface area contributed by atoms with Crippen LogP contribution < -0.4 is 15.1 Å². The molecule has 0 amide bonds. The van der Waals surface area contributed by atoms with Crippen LogP contribution >= 0.6 is 0 Å². The van der Waals surface area contributed by atoms with Crippen molar-refractivity contribution in [1.29, 1.82) is 0 Å². The lowest BCUT2D eigenvalue weighted by atomic mass is 10.1. The molecule has 3 aromatic rings. The summed E-state index contributed by atoms with van der Waals surface area (Å²) in [5.74, 6) is 1.45. The molecular weight excluding hydrogens is 306 g/mol. The summed E-state index contributed by atoms with van der Waals surface area (Å²) in [6, 6.07) is 6.95. The van der Waals surface area contributed by atoms with Crippen molar-refractivity contribution in [3.05, 3.63) is 63.3 Å². The van der Waals surface area contributed by atoms with Gasteiger partial charge in [-0.15, -0.1) is 0 Å².